The van der Waals surface area contributed by atoms with Crippen molar-refractivity contribution in [2.75, 3.05) is 0 Å². The highest BCUT2D eigenvalue weighted by molar-refractivity contribution is 5.21. The summed E-state index contributed by atoms with van der Waals surface area (Å²) in [4.78, 5) is 3.48. The lowest BCUT2D eigenvalue weighted by molar-refractivity contribution is 0.146. The number of nitriles is 1. The fourth-order valence-corrected chi connectivity index (χ4v) is 0.845. The van der Waals surface area contributed by atoms with Crippen molar-refractivity contribution >= 4 is 0 Å². The summed E-state index contributed by atoms with van der Waals surface area (Å²) >= 11 is 0. The van der Waals surface area contributed by atoms with Gasteiger partial charge in [0.25, 0.3) is 6.43 Å². The molecule has 0 spiro atoms. The average molecular weight is 186 g/mol. The summed E-state index contributed by atoms with van der Waals surface area (Å²) in [5.41, 5.74) is -0.556. The lowest BCUT2D eigenvalue weighted by atomic mass is 10.2. The van der Waals surface area contributed by atoms with Crippen molar-refractivity contribution in [1.82, 2.24) is 4.98 Å². The van der Waals surface area contributed by atoms with E-state index in [0.717, 1.165) is 6.07 Å². The van der Waals surface area contributed by atoms with Gasteiger partial charge in [0.05, 0.1) is 29.9 Å². The molecule has 0 radical (unpaired) electrons. The molecular formula is C8H5F3N2. The first-order chi connectivity index (χ1) is 6.15. The second kappa shape index (κ2) is 3.90. The lowest BCUT2D eigenvalue weighted by Crippen LogP contribution is -1.96. The third kappa shape index (κ3) is 2.18. The van der Waals surface area contributed by atoms with E-state index < -0.39 is 17.8 Å². The highest BCUT2D eigenvalue weighted by Gasteiger charge is 2.14. The molecule has 0 saturated carbocycles. The topological polar surface area (TPSA) is 36.7 Å². The third-order valence-electron chi connectivity index (χ3n) is 1.44. The molecule has 0 aliphatic rings. The van der Waals surface area contributed by atoms with Gasteiger partial charge < -0.3 is 0 Å². The van der Waals surface area contributed by atoms with Crippen LogP contribution in [0.2, 0.25) is 0 Å². The molecular weight excluding hydrogens is 181 g/mol. The fraction of sp³-hybridized carbons (Fsp3) is 0.250. The van der Waals surface area contributed by atoms with E-state index >= 15 is 0 Å². The third-order valence-corrected chi connectivity index (χ3v) is 1.44. The second-order valence-electron chi connectivity index (χ2n) is 2.33. The van der Waals surface area contributed by atoms with Gasteiger partial charge in [-0.2, -0.15) is 5.26 Å². The highest BCUT2D eigenvalue weighted by Crippen LogP contribution is 2.21. The smallest absolute Gasteiger partial charge is 0.257 e. The van der Waals surface area contributed by atoms with E-state index in [9.17, 15) is 13.2 Å². The van der Waals surface area contributed by atoms with Gasteiger partial charge in [0.2, 0.25) is 0 Å². The van der Waals surface area contributed by atoms with Crippen LogP contribution in [0.4, 0.5) is 13.2 Å². The molecule has 0 amide bonds. The lowest BCUT2D eigenvalue weighted by Gasteiger charge is -2.01. The average Bonchev–Trinajstić information content (AvgIpc) is 2.08. The number of halogens is 3. The molecule has 0 bridgehead atoms. The first-order valence-corrected chi connectivity index (χ1v) is 3.44. The number of hydrogen-bond acceptors (Lipinski definition) is 2. The number of nitrogens with zero attached hydrogens (tertiary/aromatic N) is 2. The van der Waals surface area contributed by atoms with Crippen molar-refractivity contribution in [3.63, 3.8) is 0 Å². The van der Waals surface area contributed by atoms with Gasteiger partial charge in [0.15, 0.2) is 0 Å². The van der Waals surface area contributed by atoms with Gasteiger partial charge in [-0.15, -0.1) is 0 Å². The molecule has 0 aromatic carbocycles. The van der Waals surface area contributed by atoms with E-state index in [1.165, 1.54) is 0 Å². The molecule has 5 heteroatoms. The van der Waals surface area contributed by atoms with Crippen LogP contribution in [0.15, 0.2) is 12.3 Å². The summed E-state index contributed by atoms with van der Waals surface area (Å²) in [6, 6.07) is 2.65. The highest BCUT2D eigenvalue weighted by atomic mass is 19.3. The van der Waals surface area contributed by atoms with Gasteiger partial charge in [-0.3, -0.25) is 4.98 Å². The van der Waals surface area contributed by atoms with Crippen molar-refractivity contribution < 1.29 is 13.2 Å². The molecule has 1 heterocycles. The first-order valence-electron chi connectivity index (χ1n) is 3.44. The van der Waals surface area contributed by atoms with Crippen LogP contribution in [-0.2, 0) is 6.42 Å². The van der Waals surface area contributed by atoms with Crippen LogP contribution in [-0.4, -0.2) is 4.98 Å². The van der Waals surface area contributed by atoms with Crippen molar-refractivity contribution in [1.29, 1.82) is 5.26 Å². The van der Waals surface area contributed by atoms with E-state index in [4.69, 9.17) is 5.26 Å². The van der Waals surface area contributed by atoms with Crippen LogP contribution in [0.25, 0.3) is 0 Å². The minimum absolute atomic E-state index is 0.0972. The Hall–Kier alpha value is -1.57. The van der Waals surface area contributed by atoms with E-state index in [2.05, 4.69) is 4.98 Å². The van der Waals surface area contributed by atoms with Gasteiger partial charge in [0, 0.05) is 0 Å². The van der Waals surface area contributed by atoms with Crippen molar-refractivity contribution in [2.45, 2.75) is 12.8 Å². The number of hydrogen-bond donors (Lipinski definition) is 0. The first kappa shape index (κ1) is 9.52. The summed E-state index contributed by atoms with van der Waals surface area (Å²) < 4.78 is 36.8. The van der Waals surface area contributed by atoms with Gasteiger partial charge in [-0.05, 0) is 6.07 Å². The Morgan fingerprint density at radius 1 is 1.54 bits per heavy atom. The van der Waals surface area contributed by atoms with E-state index in [0.29, 0.717) is 6.20 Å². The maximum absolute atomic E-state index is 12.6. The molecule has 1 aromatic rings. The summed E-state index contributed by atoms with van der Waals surface area (Å²) in [5, 5.41) is 8.25. The number of pyridine rings is 1. The number of alkyl halides is 2. The number of rotatable bonds is 2. The molecule has 0 aliphatic heterocycles. The molecule has 0 aliphatic carbocycles. The summed E-state index contributed by atoms with van der Waals surface area (Å²) in [5.74, 6) is -1.04. The molecule has 2 nitrogen and oxygen atoms in total. The van der Waals surface area contributed by atoms with Gasteiger partial charge in [0.1, 0.15) is 5.82 Å². The molecule has 1 rings (SSSR count). The van der Waals surface area contributed by atoms with E-state index in [1.54, 1.807) is 6.07 Å². The molecule has 1 aromatic heterocycles. The Morgan fingerprint density at radius 2 is 2.23 bits per heavy atom. The standard InChI is InChI=1S/C8H5F3N2/c9-7-4-13-5(1-2-12)3-6(7)8(10)11/h3-4,8H,1H2. The summed E-state index contributed by atoms with van der Waals surface area (Å²) in [6.45, 7) is 0. The molecule has 0 atom stereocenters. The Labute approximate surface area is 72.6 Å². The van der Waals surface area contributed by atoms with Crippen LogP contribution in [0.1, 0.15) is 17.7 Å². The van der Waals surface area contributed by atoms with E-state index in [-0.39, 0.29) is 12.1 Å². The fourth-order valence-electron chi connectivity index (χ4n) is 0.845. The van der Waals surface area contributed by atoms with Gasteiger partial charge in [-0.25, -0.2) is 13.2 Å². The molecule has 0 saturated heterocycles. The Kier molecular flexibility index (Phi) is 2.85. The molecule has 13 heavy (non-hydrogen) atoms. The zero-order valence-corrected chi connectivity index (χ0v) is 6.47. The minimum Gasteiger partial charge on any atom is -0.257 e. The monoisotopic (exact) mass is 186 g/mol. The largest absolute Gasteiger partial charge is 0.266 e. The molecule has 68 valence electrons. The molecule has 0 unspecified atom stereocenters. The normalized spacial score (nSPS) is 10.1. The second-order valence-corrected chi connectivity index (χ2v) is 2.33. The Bertz CT molecular complexity index is 344. The van der Waals surface area contributed by atoms with Crippen LogP contribution >= 0.6 is 0 Å². The predicted molar refractivity (Wildman–Crippen MR) is 38.5 cm³/mol. The van der Waals surface area contributed by atoms with Crippen LogP contribution in [0.3, 0.4) is 0 Å². The maximum Gasteiger partial charge on any atom is 0.266 e. The van der Waals surface area contributed by atoms with E-state index in [1.807, 2.05) is 0 Å². The van der Waals surface area contributed by atoms with Gasteiger partial charge in [-0.1, -0.05) is 0 Å². The predicted octanol–water partition coefficient (Wildman–Crippen LogP) is 2.22. The molecule has 0 N–H and O–H groups in total. The SMILES string of the molecule is N#CCc1cc(C(F)F)c(F)cn1. The zero-order valence-electron chi connectivity index (χ0n) is 6.47. The van der Waals surface area contributed by atoms with Crippen LogP contribution in [0, 0.1) is 17.1 Å². The Balaban J connectivity index is 3.05. The minimum atomic E-state index is -2.87. The van der Waals surface area contributed by atoms with Crippen molar-refractivity contribution in [3.8, 4) is 6.07 Å². The van der Waals surface area contributed by atoms with Crippen molar-refractivity contribution in [2.24, 2.45) is 0 Å². The zero-order chi connectivity index (χ0) is 9.84. The van der Waals surface area contributed by atoms with Crippen molar-refractivity contribution in [3.05, 3.63) is 29.3 Å². The number of aromatic nitrogens is 1. The summed E-state index contributed by atoms with van der Waals surface area (Å²) in [6.07, 6.45) is -2.27. The van der Waals surface area contributed by atoms with Gasteiger partial charge >= 0.3 is 0 Å². The van der Waals surface area contributed by atoms with Crippen LogP contribution in [0.5, 0.6) is 0 Å². The summed E-state index contributed by atoms with van der Waals surface area (Å²) in [7, 11) is 0. The van der Waals surface area contributed by atoms with Crippen LogP contribution < -0.4 is 0 Å². The Morgan fingerprint density at radius 3 is 2.77 bits per heavy atom. The maximum atomic E-state index is 12.6. The molecule has 0 fully saturated rings. The quantitative estimate of drug-likeness (QED) is 0.710.